The number of rotatable bonds is 4. The summed E-state index contributed by atoms with van der Waals surface area (Å²) in [6.07, 6.45) is 1.73. The molecule has 5 nitrogen and oxygen atoms in total. The van der Waals surface area contributed by atoms with E-state index in [9.17, 15) is 8.42 Å². The maximum Gasteiger partial charge on any atom is 0.250 e. The topological polar surface area (TPSA) is 75.4 Å². The summed E-state index contributed by atoms with van der Waals surface area (Å²) in [5, 5.41) is 1.79. The molecule has 2 heterocycles. The molecular weight excluding hydrogens is 270 g/mol. The summed E-state index contributed by atoms with van der Waals surface area (Å²) in [5.74, 6) is 0. The quantitative estimate of drug-likeness (QED) is 0.850. The number of nitrogens with one attached hydrogen (secondary N) is 1. The fourth-order valence-electron chi connectivity index (χ4n) is 2.01. The first-order valence-electron chi connectivity index (χ1n) is 5.99. The molecule has 0 atom stereocenters. The number of hydrogen-bond acceptors (Lipinski definition) is 5. The van der Waals surface area contributed by atoms with Crippen LogP contribution in [-0.2, 0) is 16.6 Å². The third-order valence-corrected chi connectivity index (χ3v) is 6.18. The van der Waals surface area contributed by atoms with Crippen LogP contribution in [0, 0.1) is 0 Å². The van der Waals surface area contributed by atoms with E-state index in [0.717, 1.165) is 31.5 Å². The van der Waals surface area contributed by atoms with Gasteiger partial charge in [-0.2, -0.15) is 0 Å². The van der Waals surface area contributed by atoms with Gasteiger partial charge in [-0.1, -0.05) is 0 Å². The van der Waals surface area contributed by atoms with Crippen molar-refractivity contribution >= 4 is 21.4 Å². The van der Waals surface area contributed by atoms with Crippen LogP contribution in [0.3, 0.4) is 0 Å². The molecule has 18 heavy (non-hydrogen) atoms. The number of thiophene rings is 1. The van der Waals surface area contributed by atoms with E-state index in [2.05, 4.69) is 16.7 Å². The molecule has 0 amide bonds. The molecule has 0 saturated carbocycles. The van der Waals surface area contributed by atoms with E-state index in [-0.39, 0.29) is 6.04 Å². The van der Waals surface area contributed by atoms with Crippen LogP contribution in [-0.4, -0.2) is 39.5 Å². The van der Waals surface area contributed by atoms with Gasteiger partial charge in [0.2, 0.25) is 10.0 Å². The maximum atomic E-state index is 12.2. The first-order chi connectivity index (χ1) is 8.51. The van der Waals surface area contributed by atoms with Gasteiger partial charge in [0.25, 0.3) is 0 Å². The van der Waals surface area contributed by atoms with Crippen molar-refractivity contribution in [1.82, 2.24) is 9.62 Å². The Hall–Kier alpha value is -0.470. The summed E-state index contributed by atoms with van der Waals surface area (Å²) in [6, 6.07) is 1.71. The summed E-state index contributed by atoms with van der Waals surface area (Å²) in [6.45, 7) is 2.25. The van der Waals surface area contributed by atoms with Crippen LogP contribution in [0.1, 0.15) is 18.4 Å². The molecule has 1 aromatic rings. The van der Waals surface area contributed by atoms with E-state index in [0.29, 0.717) is 10.8 Å². The van der Waals surface area contributed by atoms with Crippen LogP contribution in [0.5, 0.6) is 0 Å². The van der Waals surface area contributed by atoms with Crippen molar-refractivity contribution in [3.05, 3.63) is 17.0 Å². The first-order valence-corrected chi connectivity index (χ1v) is 8.36. The molecule has 3 N–H and O–H groups in total. The zero-order valence-corrected chi connectivity index (χ0v) is 12.1. The number of nitrogens with zero attached hydrogens (tertiary/aromatic N) is 1. The summed E-state index contributed by atoms with van der Waals surface area (Å²) in [7, 11) is -1.32. The van der Waals surface area contributed by atoms with Crippen molar-refractivity contribution in [2.75, 3.05) is 20.1 Å². The van der Waals surface area contributed by atoms with Gasteiger partial charge in [-0.3, -0.25) is 0 Å². The lowest BCUT2D eigenvalue weighted by Gasteiger charge is -2.29. The average molecular weight is 289 g/mol. The van der Waals surface area contributed by atoms with Crippen LogP contribution >= 0.6 is 11.3 Å². The Balaban J connectivity index is 2.03. The fraction of sp³-hybridized carbons (Fsp3) is 0.636. The van der Waals surface area contributed by atoms with E-state index in [1.165, 1.54) is 11.3 Å². The lowest BCUT2D eigenvalue weighted by molar-refractivity contribution is 0.248. The van der Waals surface area contributed by atoms with Gasteiger partial charge < -0.3 is 10.6 Å². The number of likely N-dealkylation sites (tertiary alicyclic amines) is 1. The van der Waals surface area contributed by atoms with Crippen molar-refractivity contribution in [3.63, 3.8) is 0 Å². The SMILES string of the molecule is CN1CCC(NS(=O)(=O)c2cc(CN)cs2)CC1. The van der Waals surface area contributed by atoms with Crippen molar-refractivity contribution in [3.8, 4) is 0 Å². The van der Waals surface area contributed by atoms with Crippen LogP contribution < -0.4 is 10.5 Å². The van der Waals surface area contributed by atoms with Crippen molar-refractivity contribution in [1.29, 1.82) is 0 Å². The Morgan fingerprint density at radius 1 is 1.50 bits per heavy atom. The number of hydrogen-bond donors (Lipinski definition) is 2. The van der Waals surface area contributed by atoms with Crippen LogP contribution in [0.2, 0.25) is 0 Å². The molecule has 1 aliphatic heterocycles. The molecule has 0 bridgehead atoms. The standard InChI is InChI=1S/C11H19N3O2S2/c1-14-4-2-10(3-5-14)13-18(15,16)11-6-9(7-12)8-17-11/h6,8,10,13H,2-5,7,12H2,1H3. The lowest BCUT2D eigenvalue weighted by atomic mass is 10.1. The molecule has 7 heteroatoms. The van der Waals surface area contributed by atoms with Gasteiger partial charge >= 0.3 is 0 Å². The van der Waals surface area contributed by atoms with E-state index in [4.69, 9.17) is 5.73 Å². The summed E-state index contributed by atoms with van der Waals surface area (Å²) >= 11 is 1.23. The molecular formula is C11H19N3O2S2. The normalized spacial score (nSPS) is 19.2. The van der Waals surface area contributed by atoms with E-state index < -0.39 is 10.0 Å². The molecule has 0 radical (unpaired) electrons. The Morgan fingerprint density at radius 3 is 2.72 bits per heavy atom. The molecule has 1 saturated heterocycles. The molecule has 1 aliphatic rings. The van der Waals surface area contributed by atoms with E-state index in [1.54, 1.807) is 11.4 Å². The van der Waals surface area contributed by atoms with Crippen molar-refractivity contribution in [2.45, 2.75) is 29.6 Å². The average Bonchev–Trinajstić information content (AvgIpc) is 2.81. The van der Waals surface area contributed by atoms with Crippen molar-refractivity contribution < 1.29 is 8.42 Å². The van der Waals surface area contributed by atoms with Crippen LogP contribution in [0.25, 0.3) is 0 Å². The summed E-state index contributed by atoms with van der Waals surface area (Å²) in [4.78, 5) is 2.21. The zero-order valence-electron chi connectivity index (χ0n) is 10.4. The van der Waals surface area contributed by atoms with Gasteiger partial charge in [0.15, 0.2) is 0 Å². The highest BCUT2D eigenvalue weighted by Gasteiger charge is 2.24. The Kier molecular flexibility index (Phi) is 4.39. The third-order valence-electron chi connectivity index (χ3n) is 3.17. The fourth-order valence-corrected chi connectivity index (χ4v) is 4.55. The van der Waals surface area contributed by atoms with Gasteiger partial charge in [-0.05, 0) is 50.0 Å². The number of sulfonamides is 1. The van der Waals surface area contributed by atoms with Gasteiger partial charge in [-0.25, -0.2) is 13.1 Å². The minimum atomic E-state index is -3.37. The second kappa shape index (κ2) is 5.66. The van der Waals surface area contributed by atoms with E-state index >= 15 is 0 Å². The van der Waals surface area contributed by atoms with Gasteiger partial charge in [0.1, 0.15) is 4.21 Å². The predicted octanol–water partition coefficient (Wildman–Crippen LogP) is 0.579. The van der Waals surface area contributed by atoms with Crippen molar-refractivity contribution in [2.24, 2.45) is 5.73 Å². The van der Waals surface area contributed by atoms with Crippen LogP contribution in [0.4, 0.5) is 0 Å². The van der Waals surface area contributed by atoms with Crippen LogP contribution in [0.15, 0.2) is 15.7 Å². The Bertz CT molecular complexity index is 490. The highest BCUT2D eigenvalue weighted by molar-refractivity contribution is 7.91. The summed E-state index contributed by atoms with van der Waals surface area (Å²) in [5.41, 5.74) is 6.36. The smallest absolute Gasteiger partial charge is 0.250 e. The highest BCUT2D eigenvalue weighted by atomic mass is 32.2. The molecule has 0 aromatic carbocycles. The summed E-state index contributed by atoms with van der Waals surface area (Å²) < 4.78 is 27.5. The number of nitrogens with two attached hydrogens (primary N) is 1. The monoisotopic (exact) mass is 289 g/mol. The highest BCUT2D eigenvalue weighted by Crippen LogP contribution is 2.21. The minimum Gasteiger partial charge on any atom is -0.326 e. The predicted molar refractivity (Wildman–Crippen MR) is 73.1 cm³/mol. The Morgan fingerprint density at radius 2 is 2.17 bits per heavy atom. The van der Waals surface area contributed by atoms with Gasteiger partial charge in [-0.15, -0.1) is 11.3 Å². The number of piperidine rings is 1. The second-order valence-electron chi connectivity index (χ2n) is 4.68. The first kappa shape index (κ1) is 14.0. The third kappa shape index (κ3) is 3.30. The molecule has 1 aromatic heterocycles. The second-order valence-corrected chi connectivity index (χ2v) is 7.53. The molecule has 0 spiro atoms. The van der Waals surface area contributed by atoms with Gasteiger partial charge in [0.05, 0.1) is 0 Å². The zero-order chi connectivity index (χ0) is 13.2. The molecule has 0 aliphatic carbocycles. The van der Waals surface area contributed by atoms with Gasteiger partial charge in [0, 0.05) is 12.6 Å². The maximum absolute atomic E-state index is 12.2. The molecule has 102 valence electrons. The largest absolute Gasteiger partial charge is 0.326 e. The minimum absolute atomic E-state index is 0.0506. The van der Waals surface area contributed by atoms with E-state index in [1.807, 2.05) is 0 Å². The molecule has 0 unspecified atom stereocenters. The molecule has 1 fully saturated rings. The lowest BCUT2D eigenvalue weighted by Crippen LogP contribution is -2.43. The molecule has 2 rings (SSSR count). The Labute approximate surface area is 112 Å².